The van der Waals surface area contributed by atoms with Crippen LogP contribution in [0.5, 0.6) is 0 Å². The number of carboxylic acids is 1. The molecule has 2 aliphatic heterocycles. The standard InChI is InChI=1S/C16H20N2O5S/c1-6(2)10-5-7(13(17)19)15(24-10)18-14(20)11-8-3-4-9(23-8)12(11)16(21)22/h5-6,8-9,11-12H,3-4H2,1-2H3,(H2,17,19)(H,18,20)(H,21,22). The summed E-state index contributed by atoms with van der Waals surface area (Å²) in [4.78, 5) is 36.7. The fourth-order valence-electron chi connectivity index (χ4n) is 3.49. The number of thiophene rings is 1. The van der Waals surface area contributed by atoms with Crippen LogP contribution in [-0.4, -0.2) is 35.1 Å². The van der Waals surface area contributed by atoms with Crippen LogP contribution in [-0.2, 0) is 14.3 Å². The predicted octanol–water partition coefficient (Wildman–Crippen LogP) is 1.79. The van der Waals surface area contributed by atoms with Crippen molar-refractivity contribution in [2.45, 2.75) is 44.8 Å². The number of nitrogens with two attached hydrogens (primary N) is 1. The van der Waals surface area contributed by atoms with Gasteiger partial charge in [0.15, 0.2) is 0 Å². The van der Waals surface area contributed by atoms with Crippen molar-refractivity contribution in [3.8, 4) is 0 Å². The number of carboxylic acid groups (broad SMARTS) is 1. The Morgan fingerprint density at radius 3 is 2.46 bits per heavy atom. The van der Waals surface area contributed by atoms with Gasteiger partial charge >= 0.3 is 5.97 Å². The molecule has 0 aliphatic carbocycles. The van der Waals surface area contributed by atoms with E-state index in [-0.39, 0.29) is 17.6 Å². The van der Waals surface area contributed by atoms with Gasteiger partial charge in [0.1, 0.15) is 5.00 Å². The number of anilines is 1. The van der Waals surface area contributed by atoms with Gasteiger partial charge < -0.3 is 20.9 Å². The Bertz CT molecular complexity index is 699. The fraction of sp³-hybridized carbons (Fsp3) is 0.562. The minimum atomic E-state index is -1.02. The predicted molar refractivity (Wildman–Crippen MR) is 88.1 cm³/mol. The van der Waals surface area contributed by atoms with E-state index in [2.05, 4.69) is 5.32 Å². The molecule has 4 unspecified atom stereocenters. The van der Waals surface area contributed by atoms with Gasteiger partial charge in [-0.3, -0.25) is 14.4 Å². The Hall–Kier alpha value is -1.93. The Morgan fingerprint density at radius 1 is 1.29 bits per heavy atom. The number of carbonyl (C=O) groups excluding carboxylic acids is 2. The van der Waals surface area contributed by atoms with Gasteiger partial charge in [-0.05, 0) is 24.8 Å². The summed E-state index contributed by atoms with van der Waals surface area (Å²) in [6.07, 6.45) is 0.553. The Kier molecular flexibility index (Phi) is 4.35. The second-order valence-electron chi connectivity index (χ2n) is 6.58. The molecule has 2 amide bonds. The fourth-order valence-corrected chi connectivity index (χ4v) is 4.56. The normalized spacial score (nSPS) is 28.3. The molecule has 7 nitrogen and oxygen atoms in total. The Labute approximate surface area is 143 Å². The van der Waals surface area contributed by atoms with Gasteiger partial charge in [-0.25, -0.2) is 0 Å². The Balaban J connectivity index is 1.84. The lowest BCUT2D eigenvalue weighted by Gasteiger charge is -2.23. The molecule has 4 atom stereocenters. The first-order chi connectivity index (χ1) is 11.3. The number of aliphatic carboxylic acids is 1. The number of nitrogens with one attached hydrogen (secondary N) is 1. The van der Waals surface area contributed by atoms with Crippen LogP contribution in [0.2, 0.25) is 0 Å². The number of rotatable bonds is 5. The average molecular weight is 352 g/mol. The van der Waals surface area contributed by atoms with Crippen molar-refractivity contribution in [3.63, 3.8) is 0 Å². The van der Waals surface area contributed by atoms with E-state index in [1.807, 2.05) is 13.8 Å². The molecule has 2 fully saturated rings. The highest BCUT2D eigenvalue weighted by atomic mass is 32.1. The van der Waals surface area contributed by atoms with Crippen molar-refractivity contribution >= 4 is 34.1 Å². The van der Waals surface area contributed by atoms with Gasteiger partial charge in [0.05, 0.1) is 29.6 Å². The van der Waals surface area contributed by atoms with Crippen molar-refractivity contribution in [2.24, 2.45) is 17.6 Å². The maximum absolute atomic E-state index is 12.7. The average Bonchev–Trinajstić information content (AvgIpc) is 3.19. The molecular weight excluding hydrogens is 332 g/mol. The topological polar surface area (TPSA) is 119 Å². The van der Waals surface area contributed by atoms with Gasteiger partial charge in [0, 0.05) is 4.88 Å². The largest absolute Gasteiger partial charge is 0.481 e. The molecule has 0 saturated carbocycles. The molecule has 0 radical (unpaired) electrons. The highest BCUT2D eigenvalue weighted by Crippen LogP contribution is 2.44. The molecule has 1 aromatic heterocycles. The lowest BCUT2D eigenvalue weighted by molar-refractivity contribution is -0.147. The van der Waals surface area contributed by atoms with E-state index in [0.29, 0.717) is 17.8 Å². The maximum atomic E-state index is 12.7. The molecule has 2 saturated heterocycles. The zero-order valence-electron chi connectivity index (χ0n) is 13.4. The van der Waals surface area contributed by atoms with Crippen LogP contribution < -0.4 is 11.1 Å². The van der Waals surface area contributed by atoms with Crippen LogP contribution in [0.1, 0.15) is 47.8 Å². The number of ether oxygens (including phenoxy) is 1. The summed E-state index contributed by atoms with van der Waals surface area (Å²) in [5.74, 6) is -3.46. The Morgan fingerprint density at radius 2 is 1.92 bits per heavy atom. The van der Waals surface area contributed by atoms with Crippen molar-refractivity contribution in [1.82, 2.24) is 0 Å². The molecule has 1 aromatic rings. The van der Waals surface area contributed by atoms with Crippen molar-refractivity contribution in [2.75, 3.05) is 5.32 Å². The third kappa shape index (κ3) is 2.80. The SMILES string of the molecule is CC(C)c1cc(C(N)=O)c(NC(=O)C2C3CCC(O3)C2C(=O)O)s1. The first-order valence-corrected chi connectivity index (χ1v) is 8.74. The van der Waals surface area contributed by atoms with Crippen LogP contribution >= 0.6 is 11.3 Å². The highest BCUT2D eigenvalue weighted by molar-refractivity contribution is 7.16. The molecule has 8 heteroatoms. The molecule has 130 valence electrons. The summed E-state index contributed by atoms with van der Waals surface area (Å²) >= 11 is 1.29. The summed E-state index contributed by atoms with van der Waals surface area (Å²) in [6.45, 7) is 3.96. The monoisotopic (exact) mass is 352 g/mol. The van der Waals surface area contributed by atoms with E-state index in [1.54, 1.807) is 6.07 Å². The van der Waals surface area contributed by atoms with Crippen molar-refractivity contribution in [1.29, 1.82) is 0 Å². The van der Waals surface area contributed by atoms with Gasteiger partial charge in [0.2, 0.25) is 5.91 Å². The molecule has 0 aromatic carbocycles. The number of hydrogen-bond acceptors (Lipinski definition) is 5. The lowest BCUT2D eigenvalue weighted by atomic mass is 9.79. The second-order valence-corrected chi connectivity index (χ2v) is 7.66. The number of hydrogen-bond donors (Lipinski definition) is 3. The van der Waals surface area contributed by atoms with Gasteiger partial charge in [-0.2, -0.15) is 0 Å². The zero-order valence-corrected chi connectivity index (χ0v) is 14.3. The van der Waals surface area contributed by atoms with E-state index in [9.17, 15) is 19.5 Å². The first-order valence-electron chi connectivity index (χ1n) is 7.92. The van der Waals surface area contributed by atoms with Crippen molar-refractivity contribution in [3.05, 3.63) is 16.5 Å². The van der Waals surface area contributed by atoms with Crippen LogP contribution in [0.25, 0.3) is 0 Å². The molecule has 4 N–H and O–H groups in total. The second kappa shape index (κ2) is 6.18. The van der Waals surface area contributed by atoms with Crippen molar-refractivity contribution < 1.29 is 24.2 Å². The van der Waals surface area contributed by atoms with Crippen LogP contribution in [0.15, 0.2) is 6.07 Å². The zero-order chi connectivity index (χ0) is 17.6. The third-order valence-electron chi connectivity index (χ3n) is 4.68. The summed E-state index contributed by atoms with van der Waals surface area (Å²) in [6, 6.07) is 1.68. The van der Waals surface area contributed by atoms with Gasteiger partial charge in [-0.15, -0.1) is 11.3 Å². The van der Waals surface area contributed by atoms with Crippen LogP contribution in [0.4, 0.5) is 5.00 Å². The van der Waals surface area contributed by atoms with E-state index >= 15 is 0 Å². The van der Waals surface area contributed by atoms with Crippen LogP contribution in [0, 0.1) is 11.8 Å². The summed E-state index contributed by atoms with van der Waals surface area (Å²) in [5, 5.41) is 12.5. The maximum Gasteiger partial charge on any atom is 0.310 e. The number of amides is 2. The van der Waals surface area contributed by atoms with E-state index < -0.39 is 35.7 Å². The molecule has 24 heavy (non-hydrogen) atoms. The quantitative estimate of drug-likeness (QED) is 0.746. The molecule has 3 heterocycles. The molecule has 0 spiro atoms. The van der Waals surface area contributed by atoms with E-state index in [4.69, 9.17) is 10.5 Å². The first kappa shape index (κ1) is 16.9. The molecule has 2 bridgehead atoms. The molecule has 2 aliphatic rings. The smallest absolute Gasteiger partial charge is 0.310 e. The summed E-state index contributed by atoms with van der Waals surface area (Å²) in [7, 11) is 0. The van der Waals surface area contributed by atoms with E-state index in [1.165, 1.54) is 11.3 Å². The minimum absolute atomic E-state index is 0.191. The number of fused-ring (bicyclic) bond motifs is 2. The summed E-state index contributed by atoms with van der Waals surface area (Å²) < 4.78 is 5.61. The van der Waals surface area contributed by atoms with Gasteiger partial charge in [0.25, 0.3) is 5.91 Å². The number of carbonyl (C=O) groups is 3. The van der Waals surface area contributed by atoms with Gasteiger partial charge in [-0.1, -0.05) is 13.8 Å². The van der Waals surface area contributed by atoms with E-state index in [0.717, 1.165) is 4.88 Å². The minimum Gasteiger partial charge on any atom is -0.481 e. The molecule has 3 rings (SSSR count). The highest BCUT2D eigenvalue weighted by Gasteiger charge is 2.55. The number of primary amides is 1. The summed E-state index contributed by atoms with van der Waals surface area (Å²) in [5.41, 5.74) is 5.65. The lowest BCUT2D eigenvalue weighted by Crippen LogP contribution is -2.41. The third-order valence-corrected chi connectivity index (χ3v) is 6.03. The molecular formula is C16H20N2O5S. The van der Waals surface area contributed by atoms with Crippen LogP contribution in [0.3, 0.4) is 0 Å².